The second kappa shape index (κ2) is 11.1. The zero-order valence-corrected chi connectivity index (χ0v) is 21.9. The fourth-order valence-corrected chi connectivity index (χ4v) is 4.43. The molecule has 0 aliphatic carbocycles. The number of aliphatic hydroxyl groups excluding tert-OH is 1. The Morgan fingerprint density at radius 3 is 2.68 bits per heavy atom. The van der Waals surface area contributed by atoms with Crippen LogP contribution in [0.3, 0.4) is 0 Å². The zero-order chi connectivity index (χ0) is 26.6. The van der Waals surface area contributed by atoms with Crippen LogP contribution in [0.25, 0.3) is 27.7 Å². The minimum atomic E-state index is -0.855. The lowest BCUT2D eigenvalue weighted by Gasteiger charge is -2.14. The minimum absolute atomic E-state index is 0.516. The van der Waals surface area contributed by atoms with Gasteiger partial charge in [-0.1, -0.05) is 17.7 Å². The van der Waals surface area contributed by atoms with Crippen molar-refractivity contribution in [2.75, 3.05) is 26.6 Å². The molecule has 0 saturated heterocycles. The summed E-state index contributed by atoms with van der Waals surface area (Å²) in [7, 11) is 4.94. The number of aliphatic hydroxyl groups is 1. The fourth-order valence-electron chi connectivity index (χ4n) is 4.26. The van der Waals surface area contributed by atoms with Gasteiger partial charge < -0.3 is 19.9 Å². The third kappa shape index (κ3) is 5.12. The monoisotopic (exact) mass is 530 g/mol. The lowest BCUT2D eigenvalue weighted by Crippen LogP contribution is -2.16. The lowest BCUT2D eigenvalue weighted by atomic mass is 10.0. The van der Waals surface area contributed by atoms with Gasteiger partial charge in [0.05, 0.1) is 37.3 Å². The van der Waals surface area contributed by atoms with Gasteiger partial charge in [-0.15, -0.1) is 0 Å². The summed E-state index contributed by atoms with van der Waals surface area (Å²) in [5, 5.41) is 31.0. The molecular formula is C28H27ClN6O3. The molecule has 194 valence electrons. The van der Waals surface area contributed by atoms with E-state index in [2.05, 4.69) is 25.9 Å². The summed E-state index contributed by atoms with van der Waals surface area (Å²) in [6, 6.07) is 19.1. The van der Waals surface area contributed by atoms with Crippen molar-refractivity contribution in [3.8, 4) is 28.3 Å². The van der Waals surface area contributed by atoms with Gasteiger partial charge in [0, 0.05) is 40.3 Å². The lowest BCUT2D eigenvalue weighted by molar-refractivity contribution is 0.144. The van der Waals surface area contributed by atoms with Crippen molar-refractivity contribution in [3.63, 3.8) is 0 Å². The van der Waals surface area contributed by atoms with Crippen molar-refractivity contribution in [1.29, 1.82) is 0 Å². The molecule has 10 heteroatoms. The molecule has 2 aromatic heterocycles. The Labute approximate surface area is 225 Å². The number of aromatic nitrogens is 4. The van der Waals surface area contributed by atoms with E-state index in [1.165, 1.54) is 0 Å². The topological polar surface area (TPSA) is 106 Å². The number of halogens is 1. The molecule has 0 saturated carbocycles. The van der Waals surface area contributed by atoms with Crippen LogP contribution in [0, 0.1) is 0 Å². The van der Waals surface area contributed by atoms with E-state index in [0.717, 1.165) is 50.5 Å². The Hall–Kier alpha value is -4.18. The molecule has 3 N–H and O–H groups in total. The number of nitrogens with zero attached hydrogens (tertiary/aromatic N) is 4. The van der Waals surface area contributed by atoms with Gasteiger partial charge in [0.1, 0.15) is 23.4 Å². The number of hydrogen-bond acceptors (Lipinski definition) is 8. The van der Waals surface area contributed by atoms with Crippen LogP contribution in [0.15, 0.2) is 73.1 Å². The highest BCUT2D eigenvalue weighted by atomic mass is 35.5. The van der Waals surface area contributed by atoms with Gasteiger partial charge in [0.15, 0.2) is 0 Å². The Morgan fingerprint density at radius 1 is 1.03 bits per heavy atom. The van der Waals surface area contributed by atoms with Crippen LogP contribution in [-0.4, -0.2) is 46.4 Å². The van der Waals surface area contributed by atoms with Gasteiger partial charge in [-0.05, 0) is 61.1 Å². The number of nitrogens with one attached hydrogen (secondary N) is 2. The molecule has 0 spiro atoms. The van der Waals surface area contributed by atoms with E-state index < -0.39 is 6.23 Å². The van der Waals surface area contributed by atoms with E-state index in [-0.39, 0.29) is 0 Å². The standard InChI is InChI=1S/C28H27ClN6O3/c1-30-28(36)23-10-11-35(34-23)26-9-6-19(29)13-22(26)17-5-8-21-24(12-17)33-32-16-25(21)31-15-18-4-7-20(37-2)14-27(18)38-3/h4-14,16,28,30,36H,15H2,1-3H3,(H,31,33). The van der Waals surface area contributed by atoms with Crippen LogP contribution in [-0.2, 0) is 6.54 Å². The number of ether oxygens (including phenoxy) is 2. The van der Waals surface area contributed by atoms with Crippen LogP contribution < -0.4 is 20.1 Å². The Morgan fingerprint density at radius 2 is 1.89 bits per heavy atom. The molecule has 0 bridgehead atoms. The average Bonchev–Trinajstić information content (AvgIpc) is 3.45. The van der Waals surface area contributed by atoms with Crippen molar-refractivity contribution in [1.82, 2.24) is 25.3 Å². The maximum absolute atomic E-state index is 10.1. The summed E-state index contributed by atoms with van der Waals surface area (Å²) in [5.41, 5.74) is 5.68. The van der Waals surface area contributed by atoms with Gasteiger partial charge in [0.2, 0.25) is 0 Å². The predicted octanol–water partition coefficient (Wildman–Crippen LogP) is 4.98. The first-order chi connectivity index (χ1) is 18.5. The summed E-state index contributed by atoms with van der Waals surface area (Å²) in [6.45, 7) is 0.536. The first-order valence-corrected chi connectivity index (χ1v) is 12.3. The largest absolute Gasteiger partial charge is 0.497 e. The van der Waals surface area contributed by atoms with Crippen molar-refractivity contribution in [2.24, 2.45) is 0 Å². The Balaban J connectivity index is 1.47. The molecular weight excluding hydrogens is 504 g/mol. The summed E-state index contributed by atoms with van der Waals surface area (Å²) >= 11 is 6.38. The molecule has 3 aromatic carbocycles. The van der Waals surface area contributed by atoms with Gasteiger partial charge in [-0.25, -0.2) is 4.68 Å². The molecule has 2 heterocycles. The van der Waals surface area contributed by atoms with E-state index >= 15 is 0 Å². The number of anilines is 1. The maximum Gasteiger partial charge on any atom is 0.149 e. The average molecular weight is 531 g/mol. The summed E-state index contributed by atoms with van der Waals surface area (Å²) in [6.07, 6.45) is 2.66. The van der Waals surface area contributed by atoms with Gasteiger partial charge in [-0.2, -0.15) is 15.3 Å². The van der Waals surface area contributed by atoms with Crippen LogP contribution in [0.5, 0.6) is 11.5 Å². The normalized spacial score (nSPS) is 11.9. The highest BCUT2D eigenvalue weighted by Gasteiger charge is 2.14. The molecule has 1 unspecified atom stereocenters. The van der Waals surface area contributed by atoms with Crippen molar-refractivity contribution >= 4 is 28.2 Å². The summed E-state index contributed by atoms with van der Waals surface area (Å²) < 4.78 is 12.5. The SMILES string of the molecule is CNC(O)c1ccn(-c2ccc(Cl)cc2-c2ccc3c(NCc4ccc(OC)cc4OC)cnnc3c2)n1. The molecule has 0 aliphatic heterocycles. The van der Waals surface area contributed by atoms with E-state index in [1.54, 1.807) is 44.4 Å². The molecule has 0 aliphatic rings. The van der Waals surface area contributed by atoms with E-state index in [1.807, 2.05) is 54.6 Å². The Bertz CT molecular complexity index is 1590. The van der Waals surface area contributed by atoms with Crippen molar-refractivity contribution < 1.29 is 14.6 Å². The predicted molar refractivity (Wildman–Crippen MR) is 148 cm³/mol. The highest BCUT2D eigenvalue weighted by molar-refractivity contribution is 6.31. The van der Waals surface area contributed by atoms with E-state index in [9.17, 15) is 5.11 Å². The molecule has 0 radical (unpaired) electrons. The fraction of sp³-hybridized carbons (Fsp3) is 0.179. The van der Waals surface area contributed by atoms with Crippen LogP contribution in [0.1, 0.15) is 17.5 Å². The van der Waals surface area contributed by atoms with Crippen molar-refractivity contribution in [3.05, 3.63) is 89.3 Å². The minimum Gasteiger partial charge on any atom is -0.497 e. The molecule has 5 rings (SSSR count). The third-order valence-electron chi connectivity index (χ3n) is 6.28. The van der Waals surface area contributed by atoms with Crippen LogP contribution >= 0.6 is 11.6 Å². The van der Waals surface area contributed by atoms with E-state index in [0.29, 0.717) is 17.3 Å². The number of hydrogen-bond donors (Lipinski definition) is 3. The smallest absolute Gasteiger partial charge is 0.149 e. The number of rotatable bonds is 9. The van der Waals surface area contributed by atoms with Crippen LogP contribution in [0.4, 0.5) is 5.69 Å². The maximum atomic E-state index is 10.1. The zero-order valence-electron chi connectivity index (χ0n) is 21.1. The molecule has 9 nitrogen and oxygen atoms in total. The molecule has 5 aromatic rings. The van der Waals surface area contributed by atoms with Crippen LogP contribution in [0.2, 0.25) is 5.02 Å². The number of fused-ring (bicyclic) bond motifs is 1. The highest BCUT2D eigenvalue weighted by Crippen LogP contribution is 2.33. The molecule has 1 atom stereocenters. The number of benzene rings is 3. The molecule has 38 heavy (non-hydrogen) atoms. The first kappa shape index (κ1) is 25.5. The quantitative estimate of drug-likeness (QED) is 0.229. The van der Waals surface area contributed by atoms with E-state index in [4.69, 9.17) is 21.1 Å². The first-order valence-electron chi connectivity index (χ1n) is 11.9. The second-order valence-electron chi connectivity index (χ2n) is 8.56. The van der Waals surface area contributed by atoms with Gasteiger partial charge in [-0.3, -0.25) is 5.32 Å². The van der Waals surface area contributed by atoms with Gasteiger partial charge in [0.25, 0.3) is 0 Å². The van der Waals surface area contributed by atoms with Crippen molar-refractivity contribution in [2.45, 2.75) is 12.8 Å². The summed E-state index contributed by atoms with van der Waals surface area (Å²) in [4.78, 5) is 0. The third-order valence-corrected chi connectivity index (χ3v) is 6.52. The van der Waals surface area contributed by atoms with Gasteiger partial charge >= 0.3 is 0 Å². The summed E-state index contributed by atoms with van der Waals surface area (Å²) in [5.74, 6) is 1.47. The molecule has 0 fully saturated rings. The molecule has 0 amide bonds. The number of methoxy groups -OCH3 is 2. The Kier molecular flexibility index (Phi) is 7.41. The second-order valence-corrected chi connectivity index (χ2v) is 9.00.